The zero-order valence-corrected chi connectivity index (χ0v) is 11.1. The fourth-order valence-corrected chi connectivity index (χ4v) is 2.93. The Balaban J connectivity index is 1.89. The van der Waals surface area contributed by atoms with E-state index in [2.05, 4.69) is 5.32 Å². The Morgan fingerprint density at radius 2 is 2.17 bits per heavy atom. The molecule has 1 aliphatic heterocycles. The molecule has 0 aromatic carbocycles. The summed E-state index contributed by atoms with van der Waals surface area (Å²) >= 11 is 1.73. The molecule has 0 unspecified atom stereocenters. The van der Waals surface area contributed by atoms with E-state index in [-0.39, 0.29) is 23.7 Å². The SMILES string of the molecule is CSC1(CNC(=O)N2C[C@@H](O)C[C@H]2C(=O)O)CC1. The second-order valence-electron chi connectivity index (χ2n) is 4.94. The van der Waals surface area contributed by atoms with E-state index in [9.17, 15) is 14.7 Å². The smallest absolute Gasteiger partial charge is 0.326 e. The number of amides is 2. The average molecular weight is 274 g/mol. The number of aliphatic hydroxyl groups excluding tert-OH is 1. The number of carboxylic acids is 1. The van der Waals surface area contributed by atoms with Crippen LogP contribution in [0.15, 0.2) is 0 Å². The number of aliphatic hydroxyl groups is 1. The van der Waals surface area contributed by atoms with Crippen LogP contribution in [0.2, 0.25) is 0 Å². The molecular formula is C11H18N2O4S. The number of urea groups is 1. The van der Waals surface area contributed by atoms with Gasteiger partial charge in [0.2, 0.25) is 0 Å². The van der Waals surface area contributed by atoms with Crippen molar-refractivity contribution in [2.24, 2.45) is 0 Å². The van der Waals surface area contributed by atoms with Crippen LogP contribution in [-0.2, 0) is 4.79 Å². The van der Waals surface area contributed by atoms with Crippen molar-refractivity contribution in [3.05, 3.63) is 0 Å². The molecule has 3 N–H and O–H groups in total. The quantitative estimate of drug-likeness (QED) is 0.677. The molecule has 2 atom stereocenters. The van der Waals surface area contributed by atoms with Crippen LogP contribution in [-0.4, -0.2) is 63.4 Å². The first-order chi connectivity index (χ1) is 8.47. The van der Waals surface area contributed by atoms with Crippen molar-refractivity contribution in [2.45, 2.75) is 36.2 Å². The van der Waals surface area contributed by atoms with E-state index in [1.807, 2.05) is 6.26 Å². The minimum atomic E-state index is -1.06. The molecule has 1 saturated heterocycles. The number of nitrogens with one attached hydrogen (secondary N) is 1. The topological polar surface area (TPSA) is 89.9 Å². The molecule has 0 spiro atoms. The second-order valence-corrected chi connectivity index (χ2v) is 6.22. The molecule has 0 aromatic rings. The highest BCUT2D eigenvalue weighted by Crippen LogP contribution is 2.46. The van der Waals surface area contributed by atoms with Crippen molar-refractivity contribution >= 4 is 23.8 Å². The Bertz CT molecular complexity index is 359. The summed E-state index contributed by atoms with van der Waals surface area (Å²) in [4.78, 5) is 24.1. The summed E-state index contributed by atoms with van der Waals surface area (Å²) in [5, 5.41) is 21.2. The van der Waals surface area contributed by atoms with Gasteiger partial charge in [-0.25, -0.2) is 9.59 Å². The van der Waals surface area contributed by atoms with Gasteiger partial charge in [-0.05, 0) is 19.1 Å². The van der Waals surface area contributed by atoms with Gasteiger partial charge in [-0.15, -0.1) is 0 Å². The number of carboxylic acid groups (broad SMARTS) is 1. The number of carbonyl (C=O) groups excluding carboxylic acids is 1. The number of likely N-dealkylation sites (tertiary alicyclic amines) is 1. The van der Waals surface area contributed by atoms with E-state index in [0.29, 0.717) is 6.54 Å². The summed E-state index contributed by atoms with van der Waals surface area (Å²) in [7, 11) is 0. The van der Waals surface area contributed by atoms with Crippen LogP contribution in [0, 0.1) is 0 Å². The van der Waals surface area contributed by atoms with Gasteiger partial charge in [-0.2, -0.15) is 11.8 Å². The molecule has 0 aromatic heterocycles. The molecule has 0 bridgehead atoms. The maximum absolute atomic E-state index is 11.9. The Labute approximate surface area is 110 Å². The summed E-state index contributed by atoms with van der Waals surface area (Å²) in [5.74, 6) is -1.06. The first kappa shape index (κ1) is 13.5. The highest BCUT2D eigenvalue weighted by Gasteiger charge is 2.44. The van der Waals surface area contributed by atoms with Gasteiger partial charge in [0.1, 0.15) is 6.04 Å². The highest BCUT2D eigenvalue weighted by atomic mass is 32.2. The summed E-state index contributed by atoms with van der Waals surface area (Å²) in [6, 6.07) is -1.30. The van der Waals surface area contributed by atoms with Crippen molar-refractivity contribution in [1.82, 2.24) is 10.2 Å². The van der Waals surface area contributed by atoms with E-state index >= 15 is 0 Å². The number of thioether (sulfide) groups is 1. The maximum Gasteiger partial charge on any atom is 0.326 e. The molecular weight excluding hydrogens is 256 g/mol. The number of hydrogen-bond donors (Lipinski definition) is 3. The lowest BCUT2D eigenvalue weighted by molar-refractivity contribution is -0.141. The third-order valence-corrected chi connectivity index (χ3v) is 5.05. The van der Waals surface area contributed by atoms with Gasteiger partial charge >= 0.3 is 12.0 Å². The molecule has 0 radical (unpaired) electrons. The Kier molecular flexibility index (Phi) is 3.72. The number of rotatable bonds is 4. The minimum Gasteiger partial charge on any atom is -0.480 e. The highest BCUT2D eigenvalue weighted by molar-refractivity contribution is 8.00. The summed E-state index contributed by atoms with van der Waals surface area (Å²) in [5.41, 5.74) is 0. The predicted molar refractivity (Wildman–Crippen MR) is 67.6 cm³/mol. The normalized spacial score (nSPS) is 29.1. The monoisotopic (exact) mass is 274 g/mol. The number of hydrogen-bond acceptors (Lipinski definition) is 4. The summed E-state index contributed by atoms with van der Waals surface area (Å²) in [6.45, 7) is 0.654. The van der Waals surface area contributed by atoms with Crippen molar-refractivity contribution in [2.75, 3.05) is 19.3 Å². The van der Waals surface area contributed by atoms with Crippen molar-refractivity contribution in [1.29, 1.82) is 0 Å². The van der Waals surface area contributed by atoms with E-state index in [1.165, 1.54) is 4.90 Å². The fourth-order valence-electron chi connectivity index (χ4n) is 2.20. The first-order valence-electron chi connectivity index (χ1n) is 5.98. The largest absolute Gasteiger partial charge is 0.480 e. The molecule has 6 nitrogen and oxygen atoms in total. The van der Waals surface area contributed by atoms with Gasteiger partial charge in [0.05, 0.1) is 6.10 Å². The van der Waals surface area contributed by atoms with Gasteiger partial charge in [0.25, 0.3) is 0 Å². The zero-order chi connectivity index (χ0) is 13.3. The van der Waals surface area contributed by atoms with Gasteiger partial charge in [-0.3, -0.25) is 0 Å². The molecule has 102 valence electrons. The van der Waals surface area contributed by atoms with Crippen molar-refractivity contribution in [3.8, 4) is 0 Å². The maximum atomic E-state index is 11.9. The van der Waals surface area contributed by atoms with Crippen LogP contribution in [0.4, 0.5) is 4.79 Å². The van der Waals surface area contributed by atoms with Crippen molar-refractivity contribution < 1.29 is 19.8 Å². The van der Waals surface area contributed by atoms with Crippen LogP contribution in [0.25, 0.3) is 0 Å². The van der Waals surface area contributed by atoms with Gasteiger partial charge in [0, 0.05) is 24.3 Å². The lowest BCUT2D eigenvalue weighted by atomic mass is 10.2. The van der Waals surface area contributed by atoms with E-state index in [4.69, 9.17) is 5.11 Å². The lowest BCUT2D eigenvalue weighted by Crippen LogP contribution is -2.47. The van der Waals surface area contributed by atoms with Gasteiger partial charge < -0.3 is 20.4 Å². The lowest BCUT2D eigenvalue weighted by Gasteiger charge is -2.23. The molecule has 18 heavy (non-hydrogen) atoms. The Hall–Kier alpha value is -0.950. The Morgan fingerprint density at radius 3 is 2.67 bits per heavy atom. The third kappa shape index (κ3) is 2.72. The number of nitrogens with zero attached hydrogens (tertiary/aromatic N) is 1. The number of carbonyl (C=O) groups is 2. The van der Waals surface area contributed by atoms with E-state index in [0.717, 1.165) is 12.8 Å². The average Bonchev–Trinajstić information content (AvgIpc) is 3.01. The van der Waals surface area contributed by atoms with Crippen LogP contribution < -0.4 is 5.32 Å². The van der Waals surface area contributed by atoms with Gasteiger partial charge in [0.15, 0.2) is 0 Å². The second kappa shape index (κ2) is 4.97. The molecule has 1 heterocycles. The molecule has 7 heteroatoms. The Morgan fingerprint density at radius 1 is 1.50 bits per heavy atom. The number of β-amino-alcohol motifs (C(OH)–C–C–N with tert-alkyl or cyclic N) is 1. The molecule has 2 aliphatic rings. The molecule has 1 aliphatic carbocycles. The summed E-state index contributed by atoms with van der Waals surface area (Å²) < 4.78 is 0.146. The van der Waals surface area contributed by atoms with Crippen LogP contribution in [0.3, 0.4) is 0 Å². The summed E-state index contributed by atoms with van der Waals surface area (Å²) in [6.07, 6.45) is 3.54. The minimum absolute atomic E-state index is 0.0923. The van der Waals surface area contributed by atoms with E-state index < -0.39 is 18.1 Å². The number of aliphatic carboxylic acids is 1. The molecule has 2 fully saturated rings. The standard InChI is InChI=1S/C11H18N2O4S/c1-18-11(2-3-11)6-12-10(17)13-5-7(14)4-8(13)9(15)16/h7-8,14H,2-6H2,1H3,(H,12,17)(H,15,16)/t7-,8-/m0/s1. The first-order valence-corrected chi connectivity index (χ1v) is 7.20. The molecule has 1 saturated carbocycles. The zero-order valence-electron chi connectivity index (χ0n) is 10.3. The fraction of sp³-hybridized carbons (Fsp3) is 0.818. The van der Waals surface area contributed by atoms with Crippen molar-refractivity contribution in [3.63, 3.8) is 0 Å². The molecule has 2 amide bonds. The predicted octanol–water partition coefficient (Wildman–Crippen LogP) is 0.111. The van der Waals surface area contributed by atoms with Gasteiger partial charge in [-0.1, -0.05) is 0 Å². The molecule has 2 rings (SSSR count). The van der Waals surface area contributed by atoms with E-state index in [1.54, 1.807) is 11.8 Å². The van der Waals surface area contributed by atoms with Crippen LogP contribution in [0.1, 0.15) is 19.3 Å². The van der Waals surface area contributed by atoms with Crippen LogP contribution >= 0.6 is 11.8 Å². The van der Waals surface area contributed by atoms with Crippen LogP contribution in [0.5, 0.6) is 0 Å². The third-order valence-electron chi connectivity index (χ3n) is 3.63.